The zero-order chi connectivity index (χ0) is 21.0. The van der Waals surface area contributed by atoms with E-state index < -0.39 is 22.0 Å². The van der Waals surface area contributed by atoms with Crippen molar-refractivity contribution in [3.63, 3.8) is 0 Å². The Hall–Kier alpha value is -3.04. The van der Waals surface area contributed by atoms with Crippen LogP contribution in [0.4, 0.5) is 0 Å². The summed E-state index contributed by atoms with van der Waals surface area (Å²) in [7, 11) is -3.58. The molecule has 0 bridgehead atoms. The first-order chi connectivity index (χ1) is 14.5. The Morgan fingerprint density at radius 2 is 1.97 bits per heavy atom. The first-order valence-corrected chi connectivity index (χ1v) is 11.3. The molecule has 0 saturated carbocycles. The molecule has 0 radical (unpaired) electrons. The summed E-state index contributed by atoms with van der Waals surface area (Å²) in [5, 5.41) is 2.79. The van der Waals surface area contributed by atoms with Crippen molar-refractivity contribution >= 4 is 15.9 Å². The molecule has 3 heterocycles. The van der Waals surface area contributed by atoms with Gasteiger partial charge < -0.3 is 9.73 Å². The smallest absolute Gasteiger partial charge is 0.273 e. The first-order valence-electron chi connectivity index (χ1n) is 9.68. The highest BCUT2D eigenvalue weighted by molar-refractivity contribution is 7.88. The Morgan fingerprint density at radius 3 is 2.73 bits per heavy atom. The van der Waals surface area contributed by atoms with Crippen LogP contribution in [0.25, 0.3) is 0 Å². The largest absolute Gasteiger partial charge is 0.446 e. The second kappa shape index (κ2) is 8.76. The molecule has 0 aliphatic carbocycles. The molecule has 1 aliphatic heterocycles. The Morgan fingerprint density at radius 1 is 1.17 bits per heavy atom. The lowest BCUT2D eigenvalue weighted by atomic mass is 10.1. The number of benzene rings is 1. The number of pyridine rings is 1. The van der Waals surface area contributed by atoms with Gasteiger partial charge in [0, 0.05) is 25.5 Å². The van der Waals surface area contributed by atoms with Gasteiger partial charge in [0.1, 0.15) is 0 Å². The number of carbonyl (C=O) groups excluding carboxylic acids is 1. The first kappa shape index (κ1) is 20.2. The van der Waals surface area contributed by atoms with Crippen molar-refractivity contribution in [3.8, 4) is 0 Å². The lowest BCUT2D eigenvalue weighted by Gasteiger charge is -2.23. The third kappa shape index (κ3) is 4.42. The maximum absolute atomic E-state index is 13.1. The van der Waals surface area contributed by atoms with Crippen molar-refractivity contribution in [1.82, 2.24) is 19.6 Å². The van der Waals surface area contributed by atoms with Crippen LogP contribution in [0.1, 0.15) is 46.3 Å². The quantitative estimate of drug-likeness (QED) is 0.623. The zero-order valence-electron chi connectivity index (χ0n) is 16.3. The van der Waals surface area contributed by atoms with Crippen LogP contribution in [0, 0.1) is 0 Å². The minimum atomic E-state index is -3.58. The molecule has 2 aromatic heterocycles. The van der Waals surface area contributed by atoms with E-state index in [9.17, 15) is 13.2 Å². The molecular weight excluding hydrogens is 404 g/mol. The Kier molecular flexibility index (Phi) is 5.91. The standard InChI is InChI=1S/C21H22N4O4S/c26-21(23-13-17-8-4-10-22-12-17)19-20(29-15-24-19)18-9-5-11-25(18)30(27,28)14-16-6-2-1-3-7-16/h1-4,6-8,10,12,15,18H,5,9,11,13-14H2,(H,23,26). The van der Waals surface area contributed by atoms with Crippen LogP contribution in [-0.4, -0.2) is 35.1 Å². The highest BCUT2D eigenvalue weighted by Gasteiger charge is 2.39. The number of nitrogens with one attached hydrogen (secondary N) is 1. The molecule has 1 atom stereocenters. The van der Waals surface area contributed by atoms with Gasteiger partial charge in [-0.25, -0.2) is 13.4 Å². The molecular formula is C21H22N4O4S. The fourth-order valence-corrected chi connectivity index (χ4v) is 5.41. The molecule has 30 heavy (non-hydrogen) atoms. The minimum absolute atomic E-state index is 0.0962. The zero-order valence-corrected chi connectivity index (χ0v) is 17.1. The van der Waals surface area contributed by atoms with Crippen molar-refractivity contribution in [2.24, 2.45) is 0 Å². The van der Waals surface area contributed by atoms with E-state index in [0.29, 0.717) is 25.9 Å². The molecule has 0 spiro atoms. The number of hydrogen-bond donors (Lipinski definition) is 1. The Balaban J connectivity index is 1.51. The van der Waals surface area contributed by atoms with Gasteiger partial charge in [0.2, 0.25) is 10.0 Å². The lowest BCUT2D eigenvalue weighted by Crippen LogP contribution is -2.33. The van der Waals surface area contributed by atoms with E-state index in [1.165, 1.54) is 10.7 Å². The molecule has 1 N–H and O–H groups in total. The van der Waals surface area contributed by atoms with Gasteiger partial charge in [-0.2, -0.15) is 4.31 Å². The molecule has 1 unspecified atom stereocenters. The van der Waals surface area contributed by atoms with Crippen LogP contribution in [0.2, 0.25) is 0 Å². The van der Waals surface area contributed by atoms with Gasteiger partial charge in [0.25, 0.3) is 5.91 Å². The predicted octanol–water partition coefficient (Wildman–Crippen LogP) is 2.67. The number of carbonyl (C=O) groups is 1. The van der Waals surface area contributed by atoms with Crippen LogP contribution >= 0.6 is 0 Å². The molecule has 1 saturated heterocycles. The molecule has 1 aliphatic rings. The van der Waals surface area contributed by atoms with Gasteiger partial charge >= 0.3 is 0 Å². The molecule has 1 fully saturated rings. The van der Waals surface area contributed by atoms with Crippen LogP contribution in [0.3, 0.4) is 0 Å². The summed E-state index contributed by atoms with van der Waals surface area (Å²) in [6.07, 6.45) is 5.78. The van der Waals surface area contributed by atoms with Gasteiger partial charge in [0.15, 0.2) is 17.8 Å². The van der Waals surface area contributed by atoms with E-state index in [-0.39, 0.29) is 17.2 Å². The lowest BCUT2D eigenvalue weighted by molar-refractivity contribution is 0.0942. The van der Waals surface area contributed by atoms with Gasteiger partial charge in [-0.05, 0) is 30.0 Å². The summed E-state index contributed by atoms with van der Waals surface area (Å²) in [5.41, 5.74) is 1.68. The highest BCUT2D eigenvalue weighted by Crippen LogP contribution is 2.36. The van der Waals surface area contributed by atoms with E-state index in [1.54, 1.807) is 30.6 Å². The van der Waals surface area contributed by atoms with Gasteiger partial charge in [-0.3, -0.25) is 9.78 Å². The van der Waals surface area contributed by atoms with E-state index >= 15 is 0 Å². The van der Waals surface area contributed by atoms with Crippen LogP contribution < -0.4 is 5.32 Å². The summed E-state index contributed by atoms with van der Waals surface area (Å²) < 4.78 is 33.0. The number of aromatic nitrogens is 2. The molecule has 9 heteroatoms. The van der Waals surface area contributed by atoms with Crippen molar-refractivity contribution in [1.29, 1.82) is 0 Å². The number of amides is 1. The average Bonchev–Trinajstić information content (AvgIpc) is 3.43. The number of hydrogen-bond acceptors (Lipinski definition) is 6. The number of oxazole rings is 1. The molecule has 4 rings (SSSR count). The molecule has 156 valence electrons. The maximum atomic E-state index is 13.1. The van der Waals surface area contributed by atoms with Crippen LogP contribution in [-0.2, 0) is 22.3 Å². The summed E-state index contributed by atoms with van der Waals surface area (Å²) in [6.45, 7) is 0.678. The summed E-state index contributed by atoms with van der Waals surface area (Å²) >= 11 is 0. The van der Waals surface area contributed by atoms with Crippen LogP contribution in [0.15, 0.2) is 65.7 Å². The minimum Gasteiger partial charge on any atom is -0.446 e. The second-order valence-corrected chi connectivity index (χ2v) is 9.04. The third-order valence-electron chi connectivity index (χ3n) is 5.04. The van der Waals surface area contributed by atoms with Crippen molar-refractivity contribution in [3.05, 3.63) is 83.8 Å². The SMILES string of the molecule is O=C(NCc1cccnc1)c1ncoc1C1CCCN1S(=O)(=O)Cc1ccccc1. The Labute approximate surface area is 175 Å². The number of nitrogens with zero attached hydrogens (tertiary/aromatic N) is 3. The van der Waals surface area contributed by atoms with Crippen LogP contribution in [0.5, 0.6) is 0 Å². The van der Waals surface area contributed by atoms with E-state index in [2.05, 4.69) is 15.3 Å². The number of sulfonamides is 1. The van der Waals surface area contributed by atoms with Crippen molar-refractivity contribution in [2.45, 2.75) is 31.2 Å². The topological polar surface area (TPSA) is 105 Å². The third-order valence-corrected chi connectivity index (χ3v) is 6.89. The molecule has 1 aromatic carbocycles. The Bertz CT molecular complexity index is 1100. The maximum Gasteiger partial charge on any atom is 0.273 e. The fourth-order valence-electron chi connectivity index (χ4n) is 3.63. The molecule has 3 aromatic rings. The summed E-state index contributed by atoms with van der Waals surface area (Å²) in [4.78, 5) is 20.8. The summed E-state index contributed by atoms with van der Waals surface area (Å²) in [5.74, 6) is -0.219. The monoisotopic (exact) mass is 426 g/mol. The fraction of sp³-hybridized carbons (Fsp3) is 0.286. The summed E-state index contributed by atoms with van der Waals surface area (Å²) in [6, 6.07) is 12.1. The molecule has 1 amide bonds. The van der Waals surface area contributed by atoms with E-state index in [4.69, 9.17) is 4.42 Å². The van der Waals surface area contributed by atoms with E-state index in [0.717, 1.165) is 11.1 Å². The van der Waals surface area contributed by atoms with Gasteiger partial charge in [-0.15, -0.1) is 0 Å². The average molecular weight is 426 g/mol. The predicted molar refractivity (Wildman–Crippen MR) is 110 cm³/mol. The van der Waals surface area contributed by atoms with Crippen molar-refractivity contribution in [2.75, 3.05) is 6.54 Å². The van der Waals surface area contributed by atoms with Gasteiger partial charge in [0.05, 0.1) is 11.8 Å². The van der Waals surface area contributed by atoms with Crippen molar-refractivity contribution < 1.29 is 17.6 Å². The molecule has 8 nitrogen and oxygen atoms in total. The van der Waals surface area contributed by atoms with Gasteiger partial charge in [-0.1, -0.05) is 36.4 Å². The van der Waals surface area contributed by atoms with E-state index in [1.807, 2.05) is 24.3 Å². The number of rotatable bonds is 7. The highest BCUT2D eigenvalue weighted by atomic mass is 32.2. The normalized spacial score (nSPS) is 17.1. The second-order valence-electron chi connectivity index (χ2n) is 7.12.